The van der Waals surface area contributed by atoms with Gasteiger partial charge in [0.2, 0.25) is 0 Å². The number of ether oxygens (including phenoxy) is 1. The van der Waals surface area contributed by atoms with Crippen LogP contribution >= 0.6 is 0 Å². The molecule has 2 aliphatic rings. The van der Waals surface area contributed by atoms with Gasteiger partial charge < -0.3 is 14.3 Å². The number of carbonyl (C=O) groups is 2. The van der Waals surface area contributed by atoms with Crippen molar-refractivity contribution in [2.75, 3.05) is 19.7 Å². The molecule has 7 heteroatoms. The van der Waals surface area contributed by atoms with Crippen LogP contribution in [-0.2, 0) is 16.1 Å². The molecule has 4 rings (SSSR count). The first-order valence-corrected chi connectivity index (χ1v) is 9.09. The minimum atomic E-state index is -1.06. The lowest BCUT2D eigenvalue weighted by Gasteiger charge is -2.44. The molecular formula is C20H22N2O5. The lowest BCUT2D eigenvalue weighted by atomic mass is 9.97. The lowest BCUT2D eigenvalue weighted by molar-refractivity contribution is -0.144. The maximum Gasteiger partial charge on any atom is 0.328 e. The van der Waals surface area contributed by atoms with E-state index in [2.05, 4.69) is 17.0 Å². The summed E-state index contributed by atoms with van der Waals surface area (Å²) in [5.74, 6) is -1.35. The Morgan fingerprint density at radius 1 is 1.11 bits per heavy atom. The second-order valence-electron chi connectivity index (χ2n) is 7.03. The third kappa shape index (κ3) is 3.36. The Bertz CT molecular complexity index is 797. The molecular weight excluding hydrogens is 348 g/mol. The molecule has 1 aromatic heterocycles. The molecule has 142 valence electrons. The maximum absolute atomic E-state index is 12.9. The van der Waals surface area contributed by atoms with Gasteiger partial charge >= 0.3 is 5.97 Å². The number of hydrogen-bond acceptors (Lipinski definition) is 5. The van der Waals surface area contributed by atoms with Gasteiger partial charge in [-0.3, -0.25) is 14.6 Å². The van der Waals surface area contributed by atoms with Crippen molar-refractivity contribution in [1.82, 2.24) is 9.80 Å². The Labute approximate surface area is 157 Å². The summed E-state index contributed by atoms with van der Waals surface area (Å²) in [6.45, 7) is 2.28. The maximum atomic E-state index is 12.9. The summed E-state index contributed by atoms with van der Waals surface area (Å²) >= 11 is 0. The second-order valence-corrected chi connectivity index (χ2v) is 7.03. The number of carboxylic acid groups (broad SMARTS) is 1. The Hall–Kier alpha value is -2.64. The highest BCUT2D eigenvalue weighted by atomic mass is 16.5. The van der Waals surface area contributed by atoms with E-state index in [0.29, 0.717) is 12.8 Å². The Balaban J connectivity index is 1.51. The summed E-state index contributed by atoms with van der Waals surface area (Å²) in [4.78, 5) is 28.3. The molecule has 2 aliphatic heterocycles. The Morgan fingerprint density at radius 2 is 1.85 bits per heavy atom. The lowest BCUT2D eigenvalue weighted by Crippen LogP contribution is -2.58. The Kier molecular flexibility index (Phi) is 4.72. The zero-order valence-corrected chi connectivity index (χ0v) is 14.9. The molecule has 2 aromatic rings. The highest BCUT2D eigenvalue weighted by molar-refractivity contribution is 5.95. The van der Waals surface area contributed by atoms with Crippen LogP contribution < -0.4 is 0 Å². The van der Waals surface area contributed by atoms with Crippen LogP contribution in [0.15, 0.2) is 53.1 Å². The van der Waals surface area contributed by atoms with E-state index in [-0.39, 0.29) is 12.4 Å². The molecule has 1 amide bonds. The smallest absolute Gasteiger partial charge is 0.328 e. The van der Waals surface area contributed by atoms with Crippen LogP contribution in [0.3, 0.4) is 0 Å². The van der Waals surface area contributed by atoms with Crippen LogP contribution in [0.5, 0.6) is 0 Å². The molecule has 0 saturated carbocycles. The van der Waals surface area contributed by atoms with E-state index in [1.54, 1.807) is 12.1 Å². The second kappa shape index (κ2) is 7.17. The first-order chi connectivity index (χ1) is 13.1. The zero-order valence-electron chi connectivity index (χ0n) is 14.9. The number of carbonyl (C=O) groups excluding carboxylic acids is 1. The molecule has 2 saturated heterocycles. The van der Waals surface area contributed by atoms with Crippen LogP contribution in [0.4, 0.5) is 0 Å². The fourth-order valence-corrected chi connectivity index (χ4v) is 3.98. The van der Waals surface area contributed by atoms with E-state index >= 15 is 0 Å². The predicted octanol–water partition coefficient (Wildman–Crippen LogP) is 2.20. The molecule has 1 aromatic carbocycles. The normalized spacial score (nSPS) is 22.2. The third-order valence-electron chi connectivity index (χ3n) is 5.38. The van der Waals surface area contributed by atoms with Crippen LogP contribution in [0.2, 0.25) is 0 Å². The molecule has 3 heterocycles. The van der Waals surface area contributed by atoms with Crippen molar-refractivity contribution in [1.29, 1.82) is 0 Å². The van der Waals surface area contributed by atoms with E-state index in [1.807, 2.05) is 18.2 Å². The summed E-state index contributed by atoms with van der Waals surface area (Å²) in [6.07, 6.45) is 2.54. The van der Waals surface area contributed by atoms with Gasteiger partial charge in [0.25, 0.3) is 5.91 Å². The average molecular weight is 370 g/mol. The van der Waals surface area contributed by atoms with Crippen molar-refractivity contribution in [2.24, 2.45) is 0 Å². The Morgan fingerprint density at radius 3 is 2.48 bits per heavy atom. The van der Waals surface area contributed by atoms with Gasteiger partial charge in [-0.2, -0.15) is 0 Å². The topological polar surface area (TPSA) is 83.2 Å². The number of aliphatic carboxylic acids is 1. The number of amides is 1. The highest BCUT2D eigenvalue weighted by Gasteiger charge is 2.54. The summed E-state index contributed by atoms with van der Waals surface area (Å²) < 4.78 is 11.2. The molecule has 1 spiro atoms. The summed E-state index contributed by atoms with van der Waals surface area (Å²) in [7, 11) is 0. The number of rotatable bonds is 4. The minimum absolute atomic E-state index is 0.000463. The summed E-state index contributed by atoms with van der Waals surface area (Å²) in [5.41, 5.74) is 0.341. The number of furan rings is 1. The van der Waals surface area contributed by atoms with Crippen molar-refractivity contribution in [3.8, 4) is 0 Å². The number of hydrogen-bond donors (Lipinski definition) is 1. The van der Waals surface area contributed by atoms with Gasteiger partial charge in [0.15, 0.2) is 11.8 Å². The average Bonchev–Trinajstić information content (AvgIpc) is 3.33. The van der Waals surface area contributed by atoms with E-state index in [4.69, 9.17) is 9.15 Å². The van der Waals surface area contributed by atoms with Crippen molar-refractivity contribution < 1.29 is 23.8 Å². The quantitative estimate of drug-likeness (QED) is 0.888. The van der Waals surface area contributed by atoms with Crippen molar-refractivity contribution in [3.05, 3.63) is 60.1 Å². The largest absolute Gasteiger partial charge is 0.480 e. The van der Waals surface area contributed by atoms with E-state index in [9.17, 15) is 14.7 Å². The number of benzene rings is 1. The fourth-order valence-electron chi connectivity index (χ4n) is 3.98. The number of piperidine rings is 1. The van der Waals surface area contributed by atoms with Crippen molar-refractivity contribution >= 4 is 11.9 Å². The minimum Gasteiger partial charge on any atom is -0.480 e. The number of nitrogens with zero attached hydrogens (tertiary/aromatic N) is 2. The molecule has 1 N–H and O–H groups in total. The third-order valence-corrected chi connectivity index (χ3v) is 5.38. The number of carboxylic acids is 1. The molecule has 2 fully saturated rings. The first-order valence-electron chi connectivity index (χ1n) is 9.09. The summed E-state index contributed by atoms with van der Waals surface area (Å²) in [5, 5.41) is 9.58. The monoisotopic (exact) mass is 370 g/mol. The van der Waals surface area contributed by atoms with Gasteiger partial charge in [-0.25, -0.2) is 4.79 Å². The molecule has 27 heavy (non-hydrogen) atoms. The van der Waals surface area contributed by atoms with Gasteiger partial charge in [0.1, 0.15) is 5.72 Å². The van der Waals surface area contributed by atoms with Crippen LogP contribution in [-0.4, -0.2) is 58.2 Å². The van der Waals surface area contributed by atoms with E-state index in [1.165, 1.54) is 16.7 Å². The standard InChI is InChI=1S/C20H22N2O5/c23-18(17-7-4-12-26-17)22-16(19(24)25)14-27-20(22)8-10-21(11-9-20)13-15-5-2-1-3-6-15/h1-7,12,16H,8-11,13-14H2,(H,24,25). The van der Waals surface area contributed by atoms with E-state index in [0.717, 1.165) is 19.6 Å². The van der Waals surface area contributed by atoms with Crippen LogP contribution in [0, 0.1) is 0 Å². The molecule has 0 radical (unpaired) electrons. The molecule has 1 atom stereocenters. The predicted molar refractivity (Wildman–Crippen MR) is 95.9 cm³/mol. The van der Waals surface area contributed by atoms with E-state index < -0.39 is 23.6 Å². The molecule has 0 aliphatic carbocycles. The summed E-state index contributed by atoms with van der Waals surface area (Å²) in [6, 6.07) is 12.4. The first kappa shape index (κ1) is 17.8. The fraction of sp³-hybridized carbons (Fsp3) is 0.400. The highest BCUT2D eigenvalue weighted by Crippen LogP contribution is 2.38. The van der Waals surface area contributed by atoms with Gasteiger partial charge in [-0.15, -0.1) is 0 Å². The van der Waals surface area contributed by atoms with Gasteiger partial charge in [0.05, 0.1) is 12.9 Å². The van der Waals surface area contributed by atoms with Gasteiger partial charge in [0, 0.05) is 32.5 Å². The van der Waals surface area contributed by atoms with Gasteiger partial charge in [-0.05, 0) is 17.7 Å². The van der Waals surface area contributed by atoms with Crippen molar-refractivity contribution in [3.63, 3.8) is 0 Å². The van der Waals surface area contributed by atoms with Crippen LogP contribution in [0.25, 0.3) is 0 Å². The SMILES string of the molecule is O=C(O)C1COC2(CCN(Cc3ccccc3)CC2)N1C(=O)c1ccco1. The van der Waals surface area contributed by atoms with Crippen molar-refractivity contribution in [2.45, 2.75) is 31.2 Å². The molecule has 1 unspecified atom stereocenters. The van der Waals surface area contributed by atoms with Crippen LogP contribution in [0.1, 0.15) is 29.0 Å². The number of likely N-dealkylation sites (tertiary alicyclic amines) is 1. The molecule has 7 nitrogen and oxygen atoms in total. The molecule has 0 bridgehead atoms. The zero-order chi connectivity index (χ0) is 18.9. The van der Waals surface area contributed by atoms with Gasteiger partial charge in [-0.1, -0.05) is 30.3 Å².